The van der Waals surface area contributed by atoms with Crippen LogP contribution in [0.3, 0.4) is 0 Å². The molecule has 2 amide bonds. The second-order valence-corrected chi connectivity index (χ2v) is 11.4. The lowest BCUT2D eigenvalue weighted by atomic mass is 9.96. The first-order valence-electron chi connectivity index (χ1n) is 12.3. The molecule has 40 heavy (non-hydrogen) atoms. The van der Waals surface area contributed by atoms with Gasteiger partial charge in [-0.15, -0.1) is 0 Å². The van der Waals surface area contributed by atoms with Crippen LogP contribution in [0.15, 0.2) is 64.3 Å². The minimum Gasteiger partial charge on any atom is -0.341 e. The summed E-state index contributed by atoms with van der Waals surface area (Å²) in [5.74, 6) is -1.66. The molecule has 1 fully saturated rings. The third-order valence-corrected chi connectivity index (χ3v) is 8.22. The van der Waals surface area contributed by atoms with Crippen molar-refractivity contribution in [2.45, 2.75) is 37.4 Å². The lowest BCUT2D eigenvalue weighted by molar-refractivity contribution is -0.137. The number of pyridine rings is 1. The topological polar surface area (TPSA) is 126 Å². The minimum atomic E-state index is -4.66. The summed E-state index contributed by atoms with van der Waals surface area (Å²) in [5, 5.41) is 3.71. The Labute approximate surface area is 227 Å². The van der Waals surface area contributed by atoms with Crippen LogP contribution < -0.4 is 10.9 Å². The molecule has 1 unspecified atom stereocenters. The van der Waals surface area contributed by atoms with Gasteiger partial charge in [0.05, 0.1) is 41.0 Å². The van der Waals surface area contributed by atoms with E-state index in [-0.39, 0.29) is 33.0 Å². The monoisotopic (exact) mass is 577 g/mol. The molecule has 212 valence electrons. The van der Waals surface area contributed by atoms with Gasteiger partial charge in [0.2, 0.25) is 0 Å². The van der Waals surface area contributed by atoms with Crippen molar-refractivity contribution in [1.29, 1.82) is 0 Å². The summed E-state index contributed by atoms with van der Waals surface area (Å²) < 4.78 is 64.9. The van der Waals surface area contributed by atoms with Gasteiger partial charge in [-0.1, -0.05) is 31.2 Å². The number of rotatable bonds is 7. The van der Waals surface area contributed by atoms with Crippen LogP contribution in [0.1, 0.15) is 62.5 Å². The van der Waals surface area contributed by atoms with Crippen molar-refractivity contribution in [2.75, 3.05) is 18.9 Å². The molecule has 1 aromatic heterocycles. The molecule has 0 bridgehead atoms. The number of benzene rings is 2. The number of carbonyl (C=O) groups excluding carboxylic acids is 2. The average Bonchev–Trinajstić information content (AvgIpc) is 3.46. The van der Waals surface area contributed by atoms with Crippen molar-refractivity contribution in [1.82, 2.24) is 15.4 Å². The second kappa shape index (κ2) is 11.3. The van der Waals surface area contributed by atoms with E-state index in [0.717, 1.165) is 23.3 Å². The number of nitrogens with one attached hydrogen (secondary N) is 2. The quantitative estimate of drug-likeness (QED) is 0.440. The van der Waals surface area contributed by atoms with Gasteiger partial charge in [0, 0.05) is 5.69 Å². The highest BCUT2D eigenvalue weighted by atomic mass is 32.2. The van der Waals surface area contributed by atoms with Crippen LogP contribution in [0, 0.1) is 6.92 Å². The maximum atomic E-state index is 13.5. The number of alkyl halides is 3. The van der Waals surface area contributed by atoms with E-state index < -0.39 is 50.6 Å². The molecular formula is C27H26F3N3O6S. The normalized spacial score (nSPS) is 14.7. The van der Waals surface area contributed by atoms with Gasteiger partial charge in [-0.3, -0.25) is 19.2 Å². The zero-order chi connectivity index (χ0) is 29.2. The molecule has 13 heteroatoms. The van der Waals surface area contributed by atoms with Crippen molar-refractivity contribution < 1.29 is 36.0 Å². The van der Waals surface area contributed by atoms with Crippen molar-refractivity contribution in [3.63, 3.8) is 0 Å². The van der Waals surface area contributed by atoms with Gasteiger partial charge in [0.25, 0.3) is 17.4 Å². The van der Waals surface area contributed by atoms with Crippen LogP contribution in [0.2, 0.25) is 0 Å². The van der Waals surface area contributed by atoms with Gasteiger partial charge < -0.3 is 10.3 Å². The van der Waals surface area contributed by atoms with Gasteiger partial charge in [-0.05, 0) is 54.8 Å². The Balaban J connectivity index is 1.75. The molecule has 0 aliphatic carbocycles. The summed E-state index contributed by atoms with van der Waals surface area (Å²) in [6.07, 6.45) is -4.04. The average molecular weight is 578 g/mol. The Bertz CT molecular complexity index is 1590. The van der Waals surface area contributed by atoms with Crippen molar-refractivity contribution in [3.05, 3.63) is 98.5 Å². The summed E-state index contributed by atoms with van der Waals surface area (Å²) in [6, 6.07) is 9.57. The molecule has 1 aliphatic rings. The number of aryl methyl sites for hydroxylation is 1. The molecule has 2 aromatic carbocycles. The fourth-order valence-electron chi connectivity index (χ4n) is 4.25. The molecular weight excluding hydrogens is 551 g/mol. The Morgan fingerprint density at radius 2 is 1.77 bits per heavy atom. The van der Waals surface area contributed by atoms with Gasteiger partial charge in [0.15, 0.2) is 9.84 Å². The van der Waals surface area contributed by atoms with E-state index in [9.17, 15) is 36.0 Å². The number of hydrogen-bond donors (Lipinski definition) is 2. The molecule has 2 N–H and O–H groups in total. The van der Waals surface area contributed by atoms with Crippen LogP contribution in [0.5, 0.6) is 0 Å². The number of amides is 2. The fourth-order valence-corrected chi connectivity index (χ4v) is 5.14. The summed E-state index contributed by atoms with van der Waals surface area (Å²) in [6.45, 7) is 3.64. The Morgan fingerprint density at radius 3 is 2.38 bits per heavy atom. The van der Waals surface area contributed by atoms with Gasteiger partial charge in [-0.25, -0.2) is 13.5 Å². The number of hydrogen-bond acceptors (Lipinski definition) is 6. The van der Waals surface area contributed by atoms with Crippen LogP contribution >= 0.6 is 0 Å². The molecule has 0 radical (unpaired) electrons. The lowest BCUT2D eigenvalue weighted by Crippen LogP contribution is -2.35. The van der Waals surface area contributed by atoms with Crippen molar-refractivity contribution >= 4 is 21.7 Å². The molecule has 1 saturated heterocycles. The third kappa shape index (κ3) is 6.10. The molecule has 2 heterocycles. The summed E-state index contributed by atoms with van der Waals surface area (Å²) >= 11 is 0. The first-order valence-corrected chi connectivity index (χ1v) is 14.0. The highest BCUT2D eigenvalue weighted by Gasteiger charge is 2.32. The highest BCUT2D eigenvalue weighted by molar-refractivity contribution is 7.91. The van der Waals surface area contributed by atoms with E-state index in [4.69, 9.17) is 4.84 Å². The van der Waals surface area contributed by atoms with E-state index in [1.807, 2.05) is 0 Å². The number of H-pyrrole nitrogens is 1. The van der Waals surface area contributed by atoms with E-state index in [1.54, 1.807) is 0 Å². The Kier molecular flexibility index (Phi) is 8.17. The largest absolute Gasteiger partial charge is 0.416 e. The summed E-state index contributed by atoms with van der Waals surface area (Å²) in [4.78, 5) is 46.7. The van der Waals surface area contributed by atoms with Gasteiger partial charge >= 0.3 is 6.18 Å². The maximum Gasteiger partial charge on any atom is 0.416 e. The number of aromatic amines is 1. The lowest BCUT2D eigenvalue weighted by Gasteiger charge is -2.22. The van der Waals surface area contributed by atoms with Crippen LogP contribution in [0.4, 0.5) is 13.2 Å². The number of nitrogens with zero attached hydrogens (tertiary/aromatic N) is 1. The zero-order valence-electron chi connectivity index (χ0n) is 21.5. The van der Waals surface area contributed by atoms with Gasteiger partial charge in [-0.2, -0.15) is 13.2 Å². The van der Waals surface area contributed by atoms with E-state index in [0.29, 0.717) is 19.6 Å². The number of halogens is 3. The van der Waals surface area contributed by atoms with E-state index in [1.165, 1.54) is 50.2 Å². The molecule has 0 spiro atoms. The van der Waals surface area contributed by atoms with Crippen LogP contribution in [-0.2, 0) is 20.9 Å². The predicted octanol–water partition coefficient (Wildman–Crippen LogP) is 3.79. The first-order chi connectivity index (χ1) is 18.8. The highest BCUT2D eigenvalue weighted by Crippen LogP contribution is 2.32. The fraction of sp³-hybridized carbons (Fsp3) is 0.296. The molecule has 9 nitrogen and oxygen atoms in total. The van der Waals surface area contributed by atoms with Crippen LogP contribution in [-0.4, -0.2) is 49.2 Å². The second-order valence-electron chi connectivity index (χ2n) is 9.15. The standard InChI is InChI=1S/C27H26F3N3O6S/c1-3-40(37,38)20-10-8-17(9-11-20)23(18-6-4-7-19(14-18)27(28,29)30)32-25(35)22-15-21(16(2)31-24(22)34)26(36)33-12-5-13-39-33/h4,6-11,14-15,23H,3,5,12-13H2,1-2H3,(H,31,34)(H,32,35). The summed E-state index contributed by atoms with van der Waals surface area (Å²) in [5.41, 5.74) is -1.65. The Hall–Kier alpha value is -3.97. The van der Waals surface area contributed by atoms with Crippen molar-refractivity contribution in [3.8, 4) is 0 Å². The molecule has 3 aromatic rings. The third-order valence-electron chi connectivity index (χ3n) is 6.47. The molecule has 0 saturated carbocycles. The number of aromatic nitrogens is 1. The van der Waals surface area contributed by atoms with Crippen LogP contribution in [0.25, 0.3) is 0 Å². The molecule has 1 aliphatic heterocycles. The van der Waals surface area contributed by atoms with E-state index in [2.05, 4.69) is 10.3 Å². The first kappa shape index (κ1) is 29.0. The van der Waals surface area contributed by atoms with Gasteiger partial charge in [0.1, 0.15) is 5.56 Å². The Morgan fingerprint density at radius 1 is 1.07 bits per heavy atom. The van der Waals surface area contributed by atoms with E-state index >= 15 is 0 Å². The zero-order valence-corrected chi connectivity index (χ0v) is 22.4. The SMILES string of the molecule is CCS(=O)(=O)c1ccc(C(NC(=O)c2cc(C(=O)N3CCCO3)c(C)[nH]c2=O)c2cccc(C(F)(F)F)c2)cc1. The number of hydroxylamine groups is 2. The number of sulfone groups is 1. The smallest absolute Gasteiger partial charge is 0.341 e. The summed E-state index contributed by atoms with van der Waals surface area (Å²) in [7, 11) is -3.55. The minimum absolute atomic E-state index is 0.00938. The predicted molar refractivity (Wildman–Crippen MR) is 138 cm³/mol. The molecule has 4 rings (SSSR count). The van der Waals surface area contributed by atoms with Crippen molar-refractivity contribution in [2.24, 2.45) is 0 Å². The maximum absolute atomic E-state index is 13.5. The molecule has 1 atom stereocenters. The number of carbonyl (C=O) groups is 2.